The van der Waals surface area contributed by atoms with Gasteiger partial charge in [-0.3, -0.25) is 14.5 Å². The molecule has 0 saturated heterocycles. The topological polar surface area (TPSA) is 61.4 Å². The molecule has 0 spiro atoms. The van der Waals surface area contributed by atoms with Gasteiger partial charge in [-0.1, -0.05) is 55.2 Å². The van der Waals surface area contributed by atoms with Crippen LogP contribution in [0.25, 0.3) is 0 Å². The van der Waals surface area contributed by atoms with Crippen molar-refractivity contribution in [3.8, 4) is 0 Å². The molecule has 0 bridgehead atoms. The number of carbonyl (C=O) groups is 2. The van der Waals surface area contributed by atoms with Crippen molar-refractivity contribution in [2.45, 2.75) is 19.8 Å². The van der Waals surface area contributed by atoms with Crippen LogP contribution in [0.2, 0.25) is 10.0 Å². The van der Waals surface area contributed by atoms with Gasteiger partial charge >= 0.3 is 0 Å². The van der Waals surface area contributed by atoms with Gasteiger partial charge in [0.05, 0.1) is 23.1 Å². The molecule has 2 N–H and O–H groups in total. The Kier molecular flexibility index (Phi) is 7.66. The van der Waals surface area contributed by atoms with Crippen molar-refractivity contribution >= 4 is 46.4 Å². The Bertz CT molecular complexity index is 825. The van der Waals surface area contributed by atoms with Crippen LogP contribution in [0.15, 0.2) is 42.5 Å². The van der Waals surface area contributed by atoms with Crippen molar-refractivity contribution in [3.63, 3.8) is 0 Å². The first-order valence-corrected chi connectivity index (χ1v) is 9.34. The molecule has 0 aliphatic rings. The van der Waals surface area contributed by atoms with E-state index in [0.29, 0.717) is 21.7 Å². The SMILES string of the molecule is CC(C)c1ccccc1NC(=O)CN(C)CC(=O)Nc1ccc(Cl)c(Cl)c1. The molecule has 27 heavy (non-hydrogen) atoms. The average Bonchev–Trinajstić information content (AvgIpc) is 2.58. The summed E-state index contributed by atoms with van der Waals surface area (Å²) in [6.45, 7) is 4.32. The van der Waals surface area contributed by atoms with Crippen molar-refractivity contribution in [2.24, 2.45) is 0 Å². The third kappa shape index (κ3) is 6.54. The maximum atomic E-state index is 12.3. The monoisotopic (exact) mass is 407 g/mol. The summed E-state index contributed by atoms with van der Waals surface area (Å²) in [7, 11) is 1.71. The quantitative estimate of drug-likeness (QED) is 0.703. The van der Waals surface area contributed by atoms with Crippen molar-refractivity contribution in [3.05, 3.63) is 58.1 Å². The average molecular weight is 408 g/mol. The zero-order chi connectivity index (χ0) is 20.0. The molecule has 2 aromatic rings. The normalized spacial score (nSPS) is 10.9. The summed E-state index contributed by atoms with van der Waals surface area (Å²) in [4.78, 5) is 26.1. The van der Waals surface area contributed by atoms with Gasteiger partial charge in [0.25, 0.3) is 0 Å². The number of benzene rings is 2. The Labute approximate surface area is 169 Å². The highest BCUT2D eigenvalue weighted by Crippen LogP contribution is 2.25. The van der Waals surface area contributed by atoms with Crippen LogP contribution in [-0.4, -0.2) is 36.9 Å². The van der Waals surface area contributed by atoms with Crippen LogP contribution >= 0.6 is 23.2 Å². The Morgan fingerprint density at radius 2 is 1.59 bits per heavy atom. The summed E-state index contributed by atoms with van der Waals surface area (Å²) in [5, 5.41) is 6.44. The minimum Gasteiger partial charge on any atom is -0.325 e. The predicted molar refractivity (Wildman–Crippen MR) is 112 cm³/mol. The molecule has 5 nitrogen and oxygen atoms in total. The van der Waals surface area contributed by atoms with E-state index in [1.54, 1.807) is 30.1 Å². The van der Waals surface area contributed by atoms with E-state index in [1.165, 1.54) is 0 Å². The van der Waals surface area contributed by atoms with Gasteiger partial charge in [-0.2, -0.15) is 0 Å². The maximum absolute atomic E-state index is 12.3. The predicted octanol–water partition coefficient (Wildman–Crippen LogP) is 4.63. The Morgan fingerprint density at radius 3 is 2.22 bits per heavy atom. The van der Waals surface area contributed by atoms with Gasteiger partial charge in [-0.25, -0.2) is 0 Å². The highest BCUT2D eigenvalue weighted by atomic mass is 35.5. The van der Waals surface area contributed by atoms with Gasteiger partial charge in [0.2, 0.25) is 11.8 Å². The lowest BCUT2D eigenvalue weighted by Gasteiger charge is -2.18. The van der Waals surface area contributed by atoms with E-state index in [4.69, 9.17) is 23.2 Å². The van der Waals surface area contributed by atoms with Crippen LogP contribution in [0.5, 0.6) is 0 Å². The highest BCUT2D eigenvalue weighted by molar-refractivity contribution is 6.42. The molecule has 0 saturated carbocycles. The molecule has 0 radical (unpaired) electrons. The first-order valence-electron chi connectivity index (χ1n) is 8.58. The molecule has 0 heterocycles. The second kappa shape index (κ2) is 9.74. The summed E-state index contributed by atoms with van der Waals surface area (Å²) in [5.74, 6) is -0.115. The summed E-state index contributed by atoms with van der Waals surface area (Å²) in [5.41, 5.74) is 2.43. The number of para-hydroxylation sites is 1. The molecule has 2 rings (SSSR count). The van der Waals surface area contributed by atoms with Crippen LogP contribution in [0.3, 0.4) is 0 Å². The van der Waals surface area contributed by atoms with Gasteiger partial charge in [0, 0.05) is 11.4 Å². The molecular weight excluding hydrogens is 385 g/mol. The lowest BCUT2D eigenvalue weighted by atomic mass is 10.0. The fourth-order valence-electron chi connectivity index (χ4n) is 2.62. The summed E-state index contributed by atoms with van der Waals surface area (Å²) < 4.78 is 0. The highest BCUT2D eigenvalue weighted by Gasteiger charge is 2.13. The molecule has 144 valence electrons. The van der Waals surface area contributed by atoms with Gasteiger partial charge in [-0.15, -0.1) is 0 Å². The van der Waals surface area contributed by atoms with E-state index in [0.717, 1.165) is 11.3 Å². The maximum Gasteiger partial charge on any atom is 0.238 e. The third-order valence-corrected chi connectivity index (χ3v) is 4.63. The molecule has 7 heteroatoms. The van der Waals surface area contributed by atoms with Crippen molar-refractivity contribution in [2.75, 3.05) is 30.8 Å². The molecule has 0 fully saturated rings. The number of rotatable bonds is 7. The van der Waals surface area contributed by atoms with Gasteiger partial charge in [0.15, 0.2) is 0 Å². The Balaban J connectivity index is 1.87. The minimum atomic E-state index is -0.244. The minimum absolute atomic E-state index is 0.0689. The number of likely N-dealkylation sites (N-methyl/N-ethyl adjacent to an activating group) is 1. The van der Waals surface area contributed by atoms with Crippen LogP contribution in [-0.2, 0) is 9.59 Å². The second-order valence-corrected chi connectivity index (χ2v) is 7.45. The van der Waals surface area contributed by atoms with Gasteiger partial charge < -0.3 is 10.6 Å². The number of nitrogens with one attached hydrogen (secondary N) is 2. The fourth-order valence-corrected chi connectivity index (χ4v) is 2.92. The zero-order valence-corrected chi connectivity index (χ0v) is 17.1. The number of carbonyl (C=O) groups excluding carboxylic acids is 2. The number of anilines is 2. The van der Waals surface area contributed by atoms with Crippen LogP contribution in [0.4, 0.5) is 11.4 Å². The molecule has 0 aliphatic carbocycles. The molecule has 0 atom stereocenters. The molecule has 0 aromatic heterocycles. The van der Waals surface area contributed by atoms with Crippen LogP contribution in [0.1, 0.15) is 25.3 Å². The smallest absolute Gasteiger partial charge is 0.238 e. The van der Waals surface area contributed by atoms with Crippen molar-refractivity contribution in [1.29, 1.82) is 0 Å². The van der Waals surface area contributed by atoms with Crippen LogP contribution < -0.4 is 10.6 Å². The fraction of sp³-hybridized carbons (Fsp3) is 0.300. The molecule has 2 amide bonds. The summed E-state index contributed by atoms with van der Waals surface area (Å²) >= 11 is 11.8. The molecule has 0 unspecified atom stereocenters. The van der Waals surface area contributed by atoms with Gasteiger partial charge in [-0.05, 0) is 42.8 Å². The van der Waals surface area contributed by atoms with E-state index < -0.39 is 0 Å². The second-order valence-electron chi connectivity index (χ2n) is 6.64. The number of amides is 2. The summed E-state index contributed by atoms with van der Waals surface area (Å²) in [6.07, 6.45) is 0. The third-order valence-electron chi connectivity index (χ3n) is 3.89. The number of halogens is 2. The van der Waals surface area contributed by atoms with Crippen molar-refractivity contribution < 1.29 is 9.59 Å². The molecule has 2 aromatic carbocycles. The standard InChI is InChI=1S/C20H23Cl2N3O2/c1-13(2)15-6-4-5-7-18(15)24-20(27)12-25(3)11-19(26)23-14-8-9-16(21)17(22)10-14/h4-10,13H,11-12H2,1-3H3,(H,23,26)(H,24,27). The lowest BCUT2D eigenvalue weighted by Crippen LogP contribution is -2.36. The van der Waals surface area contributed by atoms with E-state index in [-0.39, 0.29) is 24.9 Å². The van der Waals surface area contributed by atoms with Crippen molar-refractivity contribution in [1.82, 2.24) is 4.90 Å². The molecular formula is C20H23Cl2N3O2. The van der Waals surface area contributed by atoms with E-state index in [2.05, 4.69) is 24.5 Å². The Morgan fingerprint density at radius 1 is 0.963 bits per heavy atom. The first kappa shape index (κ1) is 21.2. The number of hydrogen-bond acceptors (Lipinski definition) is 3. The van der Waals surface area contributed by atoms with E-state index in [9.17, 15) is 9.59 Å². The first-order chi connectivity index (χ1) is 12.8. The number of nitrogens with zero attached hydrogens (tertiary/aromatic N) is 1. The van der Waals surface area contributed by atoms with Gasteiger partial charge in [0.1, 0.15) is 0 Å². The molecule has 0 aliphatic heterocycles. The lowest BCUT2D eigenvalue weighted by molar-refractivity contribution is -0.119. The van der Waals surface area contributed by atoms with E-state index in [1.807, 2.05) is 24.3 Å². The largest absolute Gasteiger partial charge is 0.325 e. The Hall–Kier alpha value is -2.08. The zero-order valence-electron chi connectivity index (χ0n) is 15.6. The summed E-state index contributed by atoms with van der Waals surface area (Å²) in [6, 6.07) is 12.6. The van der Waals surface area contributed by atoms with E-state index >= 15 is 0 Å². The number of hydrogen-bond donors (Lipinski definition) is 2. The van der Waals surface area contributed by atoms with Crippen LogP contribution in [0, 0.1) is 0 Å².